The Morgan fingerprint density at radius 3 is 2.22 bits per heavy atom. The molecule has 0 aromatic heterocycles. The quantitative estimate of drug-likeness (QED) is 0.128. The third kappa shape index (κ3) is 8.58. The fourth-order valence-electron chi connectivity index (χ4n) is 11.0. The highest BCUT2D eigenvalue weighted by atomic mass is 16.6. The number of methoxy groups -OCH3 is 1. The highest BCUT2D eigenvalue weighted by Gasteiger charge is 2.77. The number of Topliss-reactive ketones (excluding diaryl/α,β-unsaturated/α-hetero) is 1. The first-order valence-electron chi connectivity index (χ1n) is 27.1. The average Bonchev–Trinajstić information content (AvgIpc) is 3.29. The summed E-state index contributed by atoms with van der Waals surface area (Å²) in [5, 5.41) is 18.7. The molecule has 3 fully saturated rings. The van der Waals surface area contributed by atoms with Gasteiger partial charge in [0.1, 0.15) is 40.8 Å². The summed E-state index contributed by atoms with van der Waals surface area (Å²) >= 11 is 0. The molecule has 64 heavy (non-hydrogen) atoms. The normalized spacial score (nSPS) is 35.1. The molecule has 4 aliphatic carbocycles. The molecular formula is C49H64N2O13. The molecule has 2 bridgehead atoms. The van der Waals surface area contributed by atoms with Crippen LogP contribution < -0.4 is 10.6 Å². The van der Waals surface area contributed by atoms with Gasteiger partial charge in [-0.2, -0.15) is 0 Å². The number of ketones is 1. The van der Waals surface area contributed by atoms with E-state index in [2.05, 4.69) is 10.6 Å². The van der Waals surface area contributed by atoms with E-state index in [1.165, 1.54) is 70.3 Å². The average molecular weight is 901 g/mol. The Kier molecular flexibility index (Phi) is 9.66. The Morgan fingerprint density at radius 2 is 1.64 bits per heavy atom. The van der Waals surface area contributed by atoms with E-state index in [1.807, 2.05) is 0 Å². The van der Waals surface area contributed by atoms with E-state index in [-0.39, 0.29) is 35.1 Å². The zero-order valence-electron chi connectivity index (χ0n) is 48.8. The molecule has 3 N–H and O–H groups in total. The second kappa shape index (κ2) is 18.0. The van der Waals surface area contributed by atoms with E-state index < -0.39 is 152 Å². The molecule has 3 saturated carbocycles. The minimum Gasteiger partial charge on any atom is -0.458 e. The Hall–Kier alpha value is -5.12. The first kappa shape index (κ1) is 34.3. The van der Waals surface area contributed by atoms with Gasteiger partial charge >= 0.3 is 30.0 Å². The smallest absolute Gasteiger partial charge is 0.408 e. The van der Waals surface area contributed by atoms with Crippen molar-refractivity contribution >= 4 is 35.8 Å². The van der Waals surface area contributed by atoms with Crippen LogP contribution >= 0.6 is 0 Å². The molecule has 15 heteroatoms. The number of hydrogen-bond acceptors (Lipinski definition) is 14. The first-order chi connectivity index (χ1) is 34.9. The lowest BCUT2D eigenvalue weighted by molar-refractivity contribution is -0.297. The van der Waals surface area contributed by atoms with Crippen molar-refractivity contribution in [1.82, 2.24) is 10.6 Å². The summed E-state index contributed by atoms with van der Waals surface area (Å²) < 4.78 is 132. The third-order valence-electron chi connectivity index (χ3n) is 14.0. The van der Waals surface area contributed by atoms with Crippen LogP contribution in [0.4, 0.5) is 4.79 Å². The minimum absolute atomic E-state index is 0.00561. The Labute approximate surface area is 392 Å². The highest BCUT2D eigenvalue weighted by molar-refractivity contribution is 5.92. The largest absolute Gasteiger partial charge is 0.458 e. The number of aliphatic hydroxyl groups is 1. The number of ether oxygens (including phenoxy) is 6. The lowest BCUT2D eigenvalue weighted by Gasteiger charge is -2.68. The number of amides is 1. The van der Waals surface area contributed by atoms with Crippen molar-refractivity contribution in [2.24, 2.45) is 28.6 Å². The maximum Gasteiger partial charge on any atom is 0.408 e. The van der Waals surface area contributed by atoms with Gasteiger partial charge in [0.05, 0.1) is 33.7 Å². The number of esters is 4. The lowest BCUT2D eigenvalue weighted by Crippen LogP contribution is -2.78. The molecule has 1 amide bonds. The number of benzene rings is 2. The molecule has 0 heterocycles. The second-order valence-corrected chi connectivity index (χ2v) is 18.0. The van der Waals surface area contributed by atoms with E-state index in [4.69, 9.17) is 44.9 Å². The van der Waals surface area contributed by atoms with Crippen LogP contribution in [-0.4, -0.2) is 103 Å². The molecule has 0 radical (unpaired) electrons. The maximum absolute atomic E-state index is 15.9. The van der Waals surface area contributed by atoms with Gasteiger partial charge < -0.3 is 44.2 Å². The van der Waals surface area contributed by atoms with Gasteiger partial charge in [0, 0.05) is 50.0 Å². The van der Waals surface area contributed by atoms with E-state index in [1.54, 1.807) is 32.0 Å². The van der Waals surface area contributed by atoms with Crippen LogP contribution in [0.1, 0.15) is 126 Å². The van der Waals surface area contributed by atoms with Gasteiger partial charge in [0.25, 0.3) is 0 Å². The lowest BCUT2D eigenvalue weighted by atomic mass is 9.40. The van der Waals surface area contributed by atoms with E-state index in [0.717, 1.165) is 6.92 Å². The minimum atomic E-state index is -4.14. The van der Waals surface area contributed by atoms with Gasteiger partial charge in [-0.15, -0.1) is 0 Å². The van der Waals surface area contributed by atoms with E-state index in [0.29, 0.717) is 6.42 Å². The first-order valence-corrected chi connectivity index (χ1v) is 21.1. The molecule has 2 aromatic rings. The van der Waals surface area contributed by atoms with Crippen LogP contribution in [0.25, 0.3) is 0 Å². The topological polar surface area (TPSA) is 202 Å². The van der Waals surface area contributed by atoms with Crippen molar-refractivity contribution in [3.05, 3.63) is 82.9 Å². The summed E-state index contributed by atoms with van der Waals surface area (Å²) in [4.78, 5) is 86.3. The monoisotopic (exact) mass is 901 g/mol. The standard InChI is InChI=1S/C49H64N2O13/c1-27-33(60-43(56)38(61-35(53)26-50-10)37(30-18-14-12-15-19-30)51-44(57)64-45(4,5)6)25-49(58)41(62-42(55)31-20-16-13-17-21-31)39-47(9,40(54)28(2)36(27)46(49,7)8)34(59-11)24-32-22-23-48(32,39)63-29(3)52/h12-21,28,32-34,37-39,41,50,58H,22-26H2,1-11H3,(H,51,57)/t28-,32-,33+,34+,37+,38-,39+,41+,47-,48+,49-/m1/s1/i4D3,5D3,6D3,11D3. The predicted molar refractivity (Wildman–Crippen MR) is 232 cm³/mol. The van der Waals surface area contributed by atoms with Crippen molar-refractivity contribution in [2.45, 2.75) is 135 Å². The van der Waals surface area contributed by atoms with Crippen molar-refractivity contribution in [1.29, 1.82) is 0 Å². The fraction of sp³-hybridized carbons (Fsp3) is 0.592. The molecule has 15 nitrogen and oxygen atoms in total. The van der Waals surface area contributed by atoms with Gasteiger partial charge in [0.15, 0.2) is 0 Å². The van der Waals surface area contributed by atoms with Crippen LogP contribution in [0.2, 0.25) is 0 Å². The van der Waals surface area contributed by atoms with E-state index >= 15 is 9.59 Å². The van der Waals surface area contributed by atoms with Gasteiger partial charge in [-0.3, -0.25) is 14.4 Å². The number of hydrogen-bond donors (Lipinski definition) is 3. The second-order valence-electron chi connectivity index (χ2n) is 18.0. The molecule has 0 spiro atoms. The summed E-state index contributed by atoms with van der Waals surface area (Å²) in [6.07, 6.45) is -9.66. The molecule has 0 unspecified atom stereocenters. The SMILES string of the molecule is [2H]C([2H])([2H])O[C@H]1C[C@H]2CC[C@@]2(OC(C)=O)[C@H]2[C@H](OC(=O)c3ccccc3)[C@]3(O)C[C@H](OC(=O)[C@H](OC(=O)CNC)[C@@H](NC(=O)OC(C([2H])([2H])[2H])(C([2H])([2H])[2H])C([2H])([2H])[2H])c4ccccc4)C(C)=C([C@@H](C)C(=O)[C@]12C)C3(C)C. The summed E-state index contributed by atoms with van der Waals surface area (Å²) in [5.41, 5.74) is -11.7. The van der Waals surface area contributed by atoms with Gasteiger partial charge in [-0.25, -0.2) is 14.4 Å². The summed E-state index contributed by atoms with van der Waals surface area (Å²) in [6.45, 7) is -3.86. The Bertz CT molecular complexity index is 2550. The molecule has 348 valence electrons. The van der Waals surface area contributed by atoms with Gasteiger partial charge in [-0.05, 0) is 89.6 Å². The predicted octanol–water partition coefficient (Wildman–Crippen LogP) is 5.97. The number of carbonyl (C=O) groups is 6. The molecule has 4 aliphatic rings. The third-order valence-corrected chi connectivity index (χ3v) is 14.0. The van der Waals surface area contributed by atoms with Crippen molar-refractivity contribution in [2.75, 3.05) is 20.6 Å². The zero-order chi connectivity index (χ0) is 57.2. The van der Waals surface area contributed by atoms with Crippen LogP contribution in [0, 0.1) is 28.6 Å². The van der Waals surface area contributed by atoms with Crippen LogP contribution in [0.15, 0.2) is 71.8 Å². The van der Waals surface area contributed by atoms with Gasteiger partial charge in [-0.1, -0.05) is 69.3 Å². The van der Waals surface area contributed by atoms with Crippen molar-refractivity contribution < 1.29 is 78.7 Å². The molecular weight excluding hydrogens is 825 g/mol. The highest BCUT2D eigenvalue weighted by Crippen LogP contribution is 2.68. The molecule has 0 saturated heterocycles. The van der Waals surface area contributed by atoms with Crippen molar-refractivity contribution in [3.8, 4) is 0 Å². The maximum atomic E-state index is 15.9. The van der Waals surface area contributed by atoms with Crippen LogP contribution in [0.3, 0.4) is 0 Å². The van der Waals surface area contributed by atoms with Crippen LogP contribution in [0.5, 0.6) is 0 Å². The summed E-state index contributed by atoms with van der Waals surface area (Å²) in [5.74, 6) is -8.60. The molecule has 6 rings (SSSR count). The zero-order valence-corrected chi connectivity index (χ0v) is 36.8. The Morgan fingerprint density at radius 1 is 0.984 bits per heavy atom. The van der Waals surface area contributed by atoms with Gasteiger partial charge in [0.2, 0.25) is 6.10 Å². The van der Waals surface area contributed by atoms with Crippen LogP contribution in [-0.2, 0) is 47.6 Å². The summed E-state index contributed by atoms with van der Waals surface area (Å²) in [6, 6.07) is 12.6. The number of rotatable bonds is 12. The number of nitrogens with one attached hydrogen (secondary N) is 2. The fourth-order valence-corrected chi connectivity index (χ4v) is 11.0. The molecule has 11 atom stereocenters. The number of alkyl carbamates (subject to hydrolysis) is 1. The summed E-state index contributed by atoms with van der Waals surface area (Å²) in [7, 11) is -1.72. The number of fused-ring (bicyclic) bond motifs is 5. The number of likely N-dealkylation sites (N-methyl/N-ethyl adjacent to an activating group) is 1. The van der Waals surface area contributed by atoms with Crippen molar-refractivity contribution in [3.63, 3.8) is 0 Å². The Balaban J connectivity index is 1.56. The van der Waals surface area contributed by atoms with E-state index in [9.17, 15) is 24.3 Å². The molecule has 0 aliphatic heterocycles. The number of carbonyl (C=O) groups excluding carboxylic acids is 6. The molecule has 2 aromatic carbocycles.